The second-order valence-electron chi connectivity index (χ2n) is 3.61. The van der Waals surface area contributed by atoms with E-state index in [0.717, 1.165) is 0 Å². The van der Waals surface area contributed by atoms with E-state index in [1.54, 1.807) is 12.1 Å². The molecule has 0 aliphatic rings. The summed E-state index contributed by atoms with van der Waals surface area (Å²) in [5.41, 5.74) is -0.356. The van der Waals surface area contributed by atoms with E-state index in [-0.39, 0.29) is 46.5 Å². The summed E-state index contributed by atoms with van der Waals surface area (Å²) >= 11 is 0. The molecule has 0 spiro atoms. The van der Waals surface area contributed by atoms with Crippen LogP contribution in [0.3, 0.4) is 0 Å². The Bertz CT molecular complexity index is 571. The van der Waals surface area contributed by atoms with Gasteiger partial charge in [-0.25, -0.2) is 0 Å². The van der Waals surface area contributed by atoms with Gasteiger partial charge in [-0.05, 0) is 24.3 Å². The zero-order valence-electron chi connectivity index (χ0n) is 10.9. The van der Waals surface area contributed by atoms with Crippen molar-refractivity contribution in [2.45, 2.75) is 0 Å². The van der Waals surface area contributed by atoms with Crippen LogP contribution in [0, 0.1) is 0 Å². The van der Waals surface area contributed by atoms with Gasteiger partial charge < -0.3 is 30.0 Å². The van der Waals surface area contributed by atoms with Crippen LogP contribution in [0.15, 0.2) is 48.5 Å². The maximum atomic E-state index is 10.2. The molecule has 2 N–H and O–H groups in total. The summed E-state index contributed by atoms with van der Waals surface area (Å²) in [5.74, 6) is -3.25. The first-order valence-electron chi connectivity index (χ1n) is 5.42. The predicted octanol–water partition coefficient (Wildman–Crippen LogP) is -1.40. The first-order valence-corrected chi connectivity index (χ1v) is 5.42. The van der Waals surface area contributed by atoms with Crippen LogP contribution in [-0.4, -0.2) is 46.1 Å². The van der Waals surface area contributed by atoms with E-state index in [9.17, 15) is 19.8 Å². The average Bonchev–Trinajstić information content (AvgIpc) is 2.40. The number of aromatic hydroxyl groups is 2. The topological polar surface area (TPSA) is 121 Å². The third kappa shape index (κ3) is 5.74. The molecular formula is C14H12O6Sn. The summed E-state index contributed by atoms with van der Waals surface area (Å²) in [5, 5.41) is 38.0. The summed E-state index contributed by atoms with van der Waals surface area (Å²) in [7, 11) is 0. The molecule has 0 aromatic heterocycles. The van der Waals surface area contributed by atoms with Crippen LogP contribution >= 0.6 is 0 Å². The SMILES string of the molecule is O=C([O-])c1ccccc1O.O=C([O-])c1ccccc1O.[SnH2+2]. The number of carbonyl (C=O) groups is 2. The normalized spacial score (nSPS) is 8.76. The molecule has 0 saturated carbocycles. The number of carboxylic acid groups (broad SMARTS) is 2. The average molecular weight is 395 g/mol. The monoisotopic (exact) mass is 396 g/mol. The molecule has 0 bridgehead atoms. The molecule has 0 saturated heterocycles. The van der Waals surface area contributed by atoms with Gasteiger partial charge in [0.2, 0.25) is 0 Å². The van der Waals surface area contributed by atoms with Crippen LogP contribution in [-0.2, 0) is 0 Å². The summed E-state index contributed by atoms with van der Waals surface area (Å²) in [6.07, 6.45) is 0. The molecule has 2 aromatic rings. The second-order valence-corrected chi connectivity index (χ2v) is 3.61. The van der Waals surface area contributed by atoms with Gasteiger partial charge >= 0.3 is 23.9 Å². The van der Waals surface area contributed by atoms with Crippen molar-refractivity contribution in [2.24, 2.45) is 0 Å². The Morgan fingerprint density at radius 3 is 1.19 bits per heavy atom. The van der Waals surface area contributed by atoms with Crippen molar-refractivity contribution in [2.75, 3.05) is 0 Å². The minimum absolute atomic E-state index is 0. The quantitative estimate of drug-likeness (QED) is 0.604. The number of hydrogen-bond donors (Lipinski definition) is 2. The molecule has 0 heterocycles. The number of aromatic carboxylic acids is 2. The van der Waals surface area contributed by atoms with Crippen molar-refractivity contribution in [1.29, 1.82) is 0 Å². The number of para-hydroxylation sites is 2. The van der Waals surface area contributed by atoms with E-state index in [1.165, 1.54) is 36.4 Å². The standard InChI is InChI=1S/2C7H6O3.Sn.2H/c2*8-6-4-2-1-3-5(6)7(9)10;;;/h2*1-4,8H,(H,9,10);;;/q;;+2;;/p-2. The summed E-state index contributed by atoms with van der Waals surface area (Å²) in [6, 6.07) is 11.3. The van der Waals surface area contributed by atoms with E-state index in [2.05, 4.69) is 0 Å². The number of rotatable bonds is 2. The molecule has 108 valence electrons. The molecule has 2 aromatic carbocycles. The van der Waals surface area contributed by atoms with Gasteiger partial charge in [0.15, 0.2) is 0 Å². The molecule has 0 atom stereocenters. The van der Waals surface area contributed by atoms with Gasteiger partial charge in [0, 0.05) is 11.1 Å². The zero-order chi connectivity index (χ0) is 15.1. The van der Waals surface area contributed by atoms with Crippen molar-refractivity contribution in [3.8, 4) is 11.5 Å². The Morgan fingerprint density at radius 1 is 0.714 bits per heavy atom. The molecule has 0 aliphatic heterocycles. The van der Waals surface area contributed by atoms with Crippen molar-refractivity contribution in [1.82, 2.24) is 0 Å². The van der Waals surface area contributed by atoms with Crippen LogP contribution in [0.25, 0.3) is 0 Å². The Morgan fingerprint density at radius 2 is 1.00 bits per heavy atom. The molecule has 0 unspecified atom stereocenters. The third-order valence-electron chi connectivity index (χ3n) is 2.25. The molecule has 2 rings (SSSR count). The van der Waals surface area contributed by atoms with Crippen molar-refractivity contribution in [3.05, 3.63) is 59.7 Å². The van der Waals surface area contributed by atoms with E-state index in [1.807, 2.05) is 0 Å². The fourth-order valence-corrected chi connectivity index (χ4v) is 1.29. The number of benzene rings is 2. The third-order valence-corrected chi connectivity index (χ3v) is 2.25. The van der Waals surface area contributed by atoms with Gasteiger partial charge in [-0.15, -0.1) is 0 Å². The first kappa shape index (κ1) is 18.8. The molecule has 0 fully saturated rings. The molecule has 0 amide bonds. The van der Waals surface area contributed by atoms with Gasteiger partial charge in [0.25, 0.3) is 0 Å². The van der Waals surface area contributed by atoms with Crippen LogP contribution in [0.1, 0.15) is 20.7 Å². The predicted molar refractivity (Wildman–Crippen MR) is 73.4 cm³/mol. The number of phenols is 2. The minimum atomic E-state index is -1.36. The van der Waals surface area contributed by atoms with E-state index in [4.69, 9.17) is 10.2 Å². The first-order chi connectivity index (χ1) is 9.43. The number of hydrogen-bond acceptors (Lipinski definition) is 6. The Hall–Kier alpha value is -2.22. The van der Waals surface area contributed by atoms with Crippen LogP contribution in [0.2, 0.25) is 0 Å². The van der Waals surface area contributed by atoms with Gasteiger partial charge in [0.1, 0.15) is 11.5 Å². The Kier molecular flexibility index (Phi) is 7.92. The van der Waals surface area contributed by atoms with Gasteiger partial charge in [-0.1, -0.05) is 24.3 Å². The van der Waals surface area contributed by atoms with Crippen LogP contribution < -0.4 is 10.2 Å². The summed E-state index contributed by atoms with van der Waals surface area (Å²) in [4.78, 5) is 20.3. The molecule has 21 heavy (non-hydrogen) atoms. The Labute approximate surface area is 137 Å². The molecule has 6 nitrogen and oxygen atoms in total. The maximum absolute atomic E-state index is 10.2. The number of carbonyl (C=O) groups excluding carboxylic acids is 2. The second kappa shape index (κ2) is 8.85. The van der Waals surface area contributed by atoms with E-state index in [0.29, 0.717) is 0 Å². The van der Waals surface area contributed by atoms with Crippen molar-refractivity contribution >= 4 is 35.8 Å². The fraction of sp³-hybridized carbons (Fsp3) is 0. The van der Waals surface area contributed by atoms with Gasteiger partial charge in [0.05, 0.1) is 11.9 Å². The van der Waals surface area contributed by atoms with E-state index < -0.39 is 11.9 Å². The molecule has 7 heteroatoms. The van der Waals surface area contributed by atoms with Crippen LogP contribution in [0.4, 0.5) is 0 Å². The summed E-state index contributed by atoms with van der Waals surface area (Å²) in [6.45, 7) is 0. The Balaban J connectivity index is 0.000000364. The summed E-state index contributed by atoms with van der Waals surface area (Å²) < 4.78 is 0. The van der Waals surface area contributed by atoms with Gasteiger partial charge in [-0.3, -0.25) is 0 Å². The van der Waals surface area contributed by atoms with Crippen molar-refractivity contribution in [3.63, 3.8) is 0 Å². The molecule has 0 radical (unpaired) electrons. The van der Waals surface area contributed by atoms with Crippen molar-refractivity contribution < 1.29 is 30.0 Å². The molecular weight excluding hydrogens is 383 g/mol. The zero-order valence-corrected chi connectivity index (χ0v) is 14.9. The van der Waals surface area contributed by atoms with E-state index >= 15 is 0 Å². The molecule has 0 aliphatic carbocycles. The van der Waals surface area contributed by atoms with Gasteiger partial charge in [-0.2, -0.15) is 0 Å². The van der Waals surface area contributed by atoms with Crippen LogP contribution in [0.5, 0.6) is 11.5 Å². The number of carboxylic acids is 2. The fourth-order valence-electron chi connectivity index (χ4n) is 1.29.